The van der Waals surface area contributed by atoms with Gasteiger partial charge in [-0.15, -0.1) is 0 Å². The van der Waals surface area contributed by atoms with Gasteiger partial charge in [-0.3, -0.25) is 4.79 Å². The Morgan fingerprint density at radius 3 is 3.00 bits per heavy atom. The first-order chi connectivity index (χ1) is 10.7. The summed E-state index contributed by atoms with van der Waals surface area (Å²) < 4.78 is 11.1. The molecule has 2 aromatic rings. The zero-order chi connectivity index (χ0) is 15.4. The molecule has 0 fully saturated rings. The van der Waals surface area contributed by atoms with Gasteiger partial charge in [0, 0.05) is 12.0 Å². The number of ether oxygens (including phenoxy) is 2. The predicted molar refractivity (Wildman–Crippen MR) is 84.1 cm³/mol. The molecule has 4 heteroatoms. The highest BCUT2D eigenvalue weighted by Gasteiger charge is 2.22. The van der Waals surface area contributed by atoms with E-state index in [1.165, 1.54) is 0 Å². The molecule has 0 saturated heterocycles. The Kier molecular flexibility index (Phi) is 4.28. The molecule has 1 aliphatic rings. The van der Waals surface area contributed by atoms with Gasteiger partial charge in [-0.2, -0.15) is 0 Å². The van der Waals surface area contributed by atoms with Gasteiger partial charge in [-0.1, -0.05) is 30.3 Å². The molecule has 4 nitrogen and oxygen atoms in total. The number of benzene rings is 2. The molecular formula is C18H19NO3. The van der Waals surface area contributed by atoms with Crippen LogP contribution in [-0.2, 0) is 4.79 Å². The Morgan fingerprint density at radius 2 is 2.14 bits per heavy atom. The number of nitrogens with one attached hydrogen (secondary N) is 1. The van der Waals surface area contributed by atoms with Crippen LogP contribution in [0.25, 0.3) is 0 Å². The number of rotatable bonds is 4. The monoisotopic (exact) mass is 297 g/mol. The third kappa shape index (κ3) is 3.39. The highest BCUT2D eigenvalue weighted by atomic mass is 16.5. The average Bonchev–Trinajstić information content (AvgIpc) is 2.53. The quantitative estimate of drug-likeness (QED) is 0.943. The van der Waals surface area contributed by atoms with Gasteiger partial charge in [0.1, 0.15) is 11.5 Å². The third-order valence-corrected chi connectivity index (χ3v) is 3.65. The lowest BCUT2D eigenvalue weighted by molar-refractivity contribution is -0.124. The summed E-state index contributed by atoms with van der Waals surface area (Å²) in [6, 6.07) is 15.5. The van der Waals surface area contributed by atoms with E-state index in [0.717, 1.165) is 23.3 Å². The average molecular weight is 297 g/mol. The highest BCUT2D eigenvalue weighted by Crippen LogP contribution is 2.31. The molecule has 0 aliphatic carbocycles. The zero-order valence-electron chi connectivity index (χ0n) is 12.5. The fourth-order valence-corrected chi connectivity index (χ4v) is 2.58. The van der Waals surface area contributed by atoms with E-state index in [-0.39, 0.29) is 18.6 Å². The van der Waals surface area contributed by atoms with Gasteiger partial charge in [0.2, 0.25) is 0 Å². The van der Waals surface area contributed by atoms with Crippen LogP contribution >= 0.6 is 0 Å². The van der Waals surface area contributed by atoms with Crippen molar-refractivity contribution in [3.63, 3.8) is 0 Å². The summed E-state index contributed by atoms with van der Waals surface area (Å²) in [5.74, 6) is 1.43. The molecule has 114 valence electrons. The first-order valence-electron chi connectivity index (χ1n) is 7.43. The van der Waals surface area contributed by atoms with E-state index in [9.17, 15) is 4.79 Å². The minimum Gasteiger partial charge on any atom is -0.493 e. The molecule has 2 aromatic carbocycles. The largest absolute Gasteiger partial charge is 0.493 e. The number of para-hydroxylation sites is 1. The lowest BCUT2D eigenvalue weighted by atomic mass is 10.0. The van der Waals surface area contributed by atoms with Gasteiger partial charge in [-0.25, -0.2) is 0 Å². The number of hydrogen-bond acceptors (Lipinski definition) is 3. The van der Waals surface area contributed by atoms with Crippen molar-refractivity contribution < 1.29 is 14.3 Å². The van der Waals surface area contributed by atoms with Gasteiger partial charge < -0.3 is 14.8 Å². The van der Waals surface area contributed by atoms with Crippen molar-refractivity contribution in [1.29, 1.82) is 0 Å². The van der Waals surface area contributed by atoms with E-state index >= 15 is 0 Å². The molecule has 1 atom stereocenters. The van der Waals surface area contributed by atoms with Crippen molar-refractivity contribution in [2.45, 2.75) is 19.4 Å². The molecule has 0 radical (unpaired) electrons. The lowest BCUT2D eigenvalue weighted by Crippen LogP contribution is -2.35. The number of carbonyl (C=O) groups is 1. The summed E-state index contributed by atoms with van der Waals surface area (Å²) in [4.78, 5) is 12.1. The molecule has 0 spiro atoms. The maximum Gasteiger partial charge on any atom is 0.258 e. The molecule has 1 unspecified atom stereocenters. The Hall–Kier alpha value is -2.49. The fraction of sp³-hybridized carbons (Fsp3) is 0.278. The number of carbonyl (C=O) groups excluding carboxylic acids is 1. The first-order valence-corrected chi connectivity index (χ1v) is 7.43. The molecule has 22 heavy (non-hydrogen) atoms. The second kappa shape index (κ2) is 6.52. The van der Waals surface area contributed by atoms with Crippen molar-refractivity contribution in [1.82, 2.24) is 5.32 Å². The molecule has 1 amide bonds. The standard InChI is InChI=1S/C18H19NO3/c1-13-5-4-6-14(11-13)22-12-18(20)19-16-9-10-21-17-8-3-2-7-15(16)17/h2-8,11,16H,9-10,12H2,1H3,(H,19,20). The maximum absolute atomic E-state index is 12.1. The van der Waals surface area contributed by atoms with Crippen LogP contribution in [0.1, 0.15) is 23.6 Å². The Labute approximate surface area is 130 Å². The molecule has 1 N–H and O–H groups in total. The van der Waals surface area contributed by atoms with Crippen LogP contribution in [0.5, 0.6) is 11.5 Å². The minimum absolute atomic E-state index is 0.0152. The van der Waals surface area contributed by atoms with Gasteiger partial charge in [0.05, 0.1) is 12.6 Å². The summed E-state index contributed by atoms with van der Waals surface area (Å²) in [6.07, 6.45) is 0.771. The third-order valence-electron chi connectivity index (χ3n) is 3.65. The summed E-state index contributed by atoms with van der Waals surface area (Å²) in [7, 11) is 0. The van der Waals surface area contributed by atoms with Gasteiger partial charge in [0.15, 0.2) is 6.61 Å². The SMILES string of the molecule is Cc1cccc(OCC(=O)NC2CCOc3ccccc32)c1. The van der Waals surface area contributed by atoms with Crippen molar-refractivity contribution in [3.05, 3.63) is 59.7 Å². The van der Waals surface area contributed by atoms with Crippen molar-refractivity contribution >= 4 is 5.91 Å². The summed E-state index contributed by atoms with van der Waals surface area (Å²) in [6.45, 7) is 2.62. The van der Waals surface area contributed by atoms with Crippen molar-refractivity contribution in [3.8, 4) is 11.5 Å². The van der Waals surface area contributed by atoms with E-state index in [1.54, 1.807) is 0 Å². The van der Waals surface area contributed by atoms with E-state index < -0.39 is 0 Å². The van der Waals surface area contributed by atoms with E-state index in [2.05, 4.69) is 5.32 Å². The van der Waals surface area contributed by atoms with Crippen LogP contribution in [0.3, 0.4) is 0 Å². The lowest BCUT2D eigenvalue weighted by Gasteiger charge is -2.26. The number of amides is 1. The Morgan fingerprint density at radius 1 is 1.27 bits per heavy atom. The van der Waals surface area contributed by atoms with E-state index in [1.807, 2.05) is 55.5 Å². The summed E-state index contributed by atoms with van der Waals surface area (Å²) in [5, 5.41) is 3.02. The van der Waals surface area contributed by atoms with E-state index in [0.29, 0.717) is 12.4 Å². The van der Waals surface area contributed by atoms with Gasteiger partial charge in [-0.05, 0) is 30.7 Å². The first kappa shape index (κ1) is 14.4. The second-order valence-electron chi connectivity index (χ2n) is 5.40. The van der Waals surface area contributed by atoms with Crippen LogP contribution in [-0.4, -0.2) is 19.1 Å². The smallest absolute Gasteiger partial charge is 0.258 e. The highest BCUT2D eigenvalue weighted by molar-refractivity contribution is 5.78. The predicted octanol–water partition coefficient (Wildman–Crippen LogP) is 3.01. The zero-order valence-corrected chi connectivity index (χ0v) is 12.5. The molecule has 1 aliphatic heterocycles. The van der Waals surface area contributed by atoms with Crippen molar-refractivity contribution in [2.75, 3.05) is 13.2 Å². The van der Waals surface area contributed by atoms with Gasteiger partial charge >= 0.3 is 0 Å². The molecule has 0 saturated carbocycles. The maximum atomic E-state index is 12.1. The molecule has 1 heterocycles. The van der Waals surface area contributed by atoms with Crippen LogP contribution < -0.4 is 14.8 Å². The van der Waals surface area contributed by atoms with Crippen LogP contribution in [0.2, 0.25) is 0 Å². The van der Waals surface area contributed by atoms with Crippen LogP contribution in [0.4, 0.5) is 0 Å². The summed E-state index contributed by atoms with van der Waals surface area (Å²) >= 11 is 0. The number of aryl methyl sites for hydroxylation is 1. The van der Waals surface area contributed by atoms with Crippen molar-refractivity contribution in [2.24, 2.45) is 0 Å². The minimum atomic E-state index is -0.122. The molecule has 3 rings (SSSR count). The Balaban J connectivity index is 1.59. The molecular weight excluding hydrogens is 278 g/mol. The fourth-order valence-electron chi connectivity index (χ4n) is 2.58. The molecule has 0 bridgehead atoms. The summed E-state index contributed by atoms with van der Waals surface area (Å²) in [5.41, 5.74) is 2.13. The topological polar surface area (TPSA) is 47.6 Å². The normalized spacial score (nSPS) is 16.3. The van der Waals surface area contributed by atoms with Crippen LogP contribution in [0, 0.1) is 6.92 Å². The second-order valence-corrected chi connectivity index (χ2v) is 5.40. The number of hydrogen-bond donors (Lipinski definition) is 1. The molecule has 0 aromatic heterocycles. The van der Waals surface area contributed by atoms with Crippen LogP contribution in [0.15, 0.2) is 48.5 Å². The number of fused-ring (bicyclic) bond motifs is 1. The Bertz CT molecular complexity index is 669. The van der Waals surface area contributed by atoms with E-state index in [4.69, 9.17) is 9.47 Å². The van der Waals surface area contributed by atoms with Gasteiger partial charge in [0.25, 0.3) is 5.91 Å².